The number of rotatable bonds is 4. The van der Waals surface area contributed by atoms with Gasteiger partial charge in [-0.05, 0) is 38.0 Å². The van der Waals surface area contributed by atoms with Gasteiger partial charge in [0.25, 0.3) is 5.91 Å². The molecule has 3 rings (SSSR count). The van der Waals surface area contributed by atoms with E-state index in [1.54, 1.807) is 4.90 Å². The number of urea groups is 1. The predicted molar refractivity (Wildman–Crippen MR) is 104 cm³/mol. The Kier molecular flexibility index (Phi) is 5.34. The molecule has 2 saturated carbocycles. The minimum absolute atomic E-state index is 0.0449. The van der Waals surface area contributed by atoms with Crippen molar-refractivity contribution >= 4 is 20.2 Å². The molecular weight excluding hydrogens is 328 g/mol. The molecule has 0 spiro atoms. The number of nitrogens with zero attached hydrogens (tertiary/aromatic N) is 2. The zero-order valence-corrected chi connectivity index (χ0v) is 17.6. The van der Waals surface area contributed by atoms with Gasteiger partial charge in [0, 0.05) is 6.04 Å². The Morgan fingerprint density at radius 2 is 1.44 bits per heavy atom. The molecule has 0 aromatic rings. The van der Waals surface area contributed by atoms with E-state index in [1.807, 2.05) is 0 Å². The smallest absolute Gasteiger partial charge is 0.319 e. The maximum Gasteiger partial charge on any atom is 0.319 e. The summed E-state index contributed by atoms with van der Waals surface area (Å²) in [5.41, 5.74) is -0.556. The Hall–Kier alpha value is -0.843. The SMILES string of the molecule is CCC1(C2CCCCC2)C(=O)N(C2CCCCC2)C(=O)N1[Si](C)(C)C. The maximum atomic E-state index is 13.8. The number of carbonyl (C=O) groups is 2. The molecule has 0 radical (unpaired) electrons. The van der Waals surface area contributed by atoms with Crippen LogP contribution in [0, 0.1) is 5.92 Å². The molecule has 1 saturated heterocycles. The molecule has 3 aliphatic rings. The van der Waals surface area contributed by atoms with Crippen LogP contribution in [0.5, 0.6) is 0 Å². The van der Waals surface area contributed by atoms with Crippen molar-refractivity contribution in [2.24, 2.45) is 5.92 Å². The van der Waals surface area contributed by atoms with Crippen molar-refractivity contribution in [3.63, 3.8) is 0 Å². The molecule has 2 aliphatic carbocycles. The zero-order chi connectivity index (χ0) is 18.2. The first kappa shape index (κ1) is 18.9. The molecule has 1 aliphatic heterocycles. The van der Waals surface area contributed by atoms with Gasteiger partial charge in [-0.3, -0.25) is 9.69 Å². The molecule has 4 nitrogen and oxygen atoms in total. The molecule has 1 unspecified atom stereocenters. The van der Waals surface area contributed by atoms with E-state index >= 15 is 0 Å². The fourth-order valence-electron chi connectivity index (χ4n) is 5.75. The predicted octanol–water partition coefficient (Wildman–Crippen LogP) is 5.15. The molecule has 0 aromatic heterocycles. The minimum atomic E-state index is -1.95. The quantitative estimate of drug-likeness (QED) is 0.511. The summed E-state index contributed by atoms with van der Waals surface area (Å²) in [6.45, 7) is 8.83. The van der Waals surface area contributed by atoms with Gasteiger partial charge >= 0.3 is 6.03 Å². The summed E-state index contributed by atoms with van der Waals surface area (Å²) in [6.07, 6.45) is 12.2. The van der Waals surface area contributed by atoms with Gasteiger partial charge in [0.2, 0.25) is 0 Å². The van der Waals surface area contributed by atoms with Crippen molar-refractivity contribution < 1.29 is 9.59 Å². The second-order valence-electron chi connectivity index (χ2n) is 9.37. The molecule has 25 heavy (non-hydrogen) atoms. The van der Waals surface area contributed by atoms with E-state index in [4.69, 9.17) is 0 Å². The molecule has 3 amide bonds. The van der Waals surface area contributed by atoms with Crippen molar-refractivity contribution in [1.29, 1.82) is 0 Å². The van der Waals surface area contributed by atoms with Crippen LogP contribution in [0.3, 0.4) is 0 Å². The van der Waals surface area contributed by atoms with Gasteiger partial charge in [-0.25, -0.2) is 4.79 Å². The first-order chi connectivity index (χ1) is 11.8. The Morgan fingerprint density at radius 1 is 0.920 bits per heavy atom. The van der Waals surface area contributed by atoms with E-state index in [-0.39, 0.29) is 18.0 Å². The summed E-state index contributed by atoms with van der Waals surface area (Å²) >= 11 is 0. The van der Waals surface area contributed by atoms with Gasteiger partial charge in [0.1, 0.15) is 5.54 Å². The fraction of sp³-hybridized carbons (Fsp3) is 0.900. The van der Waals surface area contributed by atoms with Gasteiger partial charge in [-0.2, -0.15) is 0 Å². The van der Waals surface area contributed by atoms with Gasteiger partial charge in [0.15, 0.2) is 8.24 Å². The molecule has 0 bridgehead atoms. The standard InChI is InChI=1S/C20H36N2O2Si/c1-5-20(16-12-8-6-9-13-16)18(23)21(17-14-10-7-11-15-17)19(24)22(20)25(2,3)4/h16-17H,5-15H2,1-4H3. The van der Waals surface area contributed by atoms with Crippen LogP contribution < -0.4 is 0 Å². The molecule has 3 fully saturated rings. The fourth-order valence-corrected chi connectivity index (χ4v) is 8.07. The third-order valence-electron chi connectivity index (χ3n) is 6.82. The summed E-state index contributed by atoms with van der Waals surface area (Å²) in [5, 5.41) is 0. The Balaban J connectivity index is 2.03. The van der Waals surface area contributed by atoms with Crippen molar-refractivity contribution in [2.45, 2.75) is 109 Å². The Labute approximate surface area is 154 Å². The van der Waals surface area contributed by atoms with Crippen LogP contribution in [-0.4, -0.2) is 41.2 Å². The summed E-state index contributed by atoms with van der Waals surface area (Å²) in [4.78, 5) is 29.1. The average Bonchev–Trinajstić information content (AvgIpc) is 2.84. The normalized spacial score (nSPS) is 30.4. The van der Waals surface area contributed by atoms with Crippen molar-refractivity contribution in [3.8, 4) is 0 Å². The highest BCUT2D eigenvalue weighted by Gasteiger charge is 2.63. The van der Waals surface area contributed by atoms with Gasteiger partial charge < -0.3 is 4.57 Å². The van der Waals surface area contributed by atoms with E-state index in [9.17, 15) is 9.59 Å². The van der Waals surface area contributed by atoms with Crippen molar-refractivity contribution in [3.05, 3.63) is 0 Å². The third kappa shape index (κ3) is 3.06. The topological polar surface area (TPSA) is 40.6 Å². The number of hydrogen-bond acceptors (Lipinski definition) is 2. The second kappa shape index (κ2) is 7.05. The summed E-state index contributed by atoms with van der Waals surface area (Å²) < 4.78 is 2.13. The van der Waals surface area contributed by atoms with Crippen LogP contribution in [0.15, 0.2) is 0 Å². The third-order valence-corrected chi connectivity index (χ3v) is 8.75. The molecular formula is C20H36N2O2Si. The monoisotopic (exact) mass is 364 g/mol. The highest BCUT2D eigenvalue weighted by molar-refractivity contribution is 6.76. The lowest BCUT2D eigenvalue weighted by atomic mass is 9.73. The van der Waals surface area contributed by atoms with Crippen LogP contribution >= 0.6 is 0 Å². The van der Waals surface area contributed by atoms with Crippen molar-refractivity contribution in [1.82, 2.24) is 9.47 Å². The molecule has 1 heterocycles. The molecule has 142 valence electrons. The highest BCUT2D eigenvalue weighted by Crippen LogP contribution is 2.47. The Bertz CT molecular complexity index is 518. The van der Waals surface area contributed by atoms with E-state index < -0.39 is 13.8 Å². The number of imide groups is 1. The lowest BCUT2D eigenvalue weighted by Gasteiger charge is -2.48. The number of carbonyl (C=O) groups excluding carboxylic acids is 2. The van der Waals surface area contributed by atoms with Crippen molar-refractivity contribution in [2.75, 3.05) is 0 Å². The zero-order valence-electron chi connectivity index (χ0n) is 16.6. The number of amides is 3. The first-order valence-corrected chi connectivity index (χ1v) is 14.0. The summed E-state index contributed by atoms with van der Waals surface area (Å²) in [5.74, 6) is 0.504. The number of hydrogen-bond donors (Lipinski definition) is 0. The average molecular weight is 365 g/mol. The van der Waals surface area contributed by atoms with Crippen LogP contribution in [0.2, 0.25) is 19.6 Å². The van der Waals surface area contributed by atoms with E-state index in [0.29, 0.717) is 5.92 Å². The lowest BCUT2D eigenvalue weighted by Crippen LogP contribution is -2.63. The van der Waals surface area contributed by atoms with Gasteiger partial charge in [-0.1, -0.05) is 65.1 Å². The van der Waals surface area contributed by atoms with Crippen LogP contribution in [0.4, 0.5) is 4.79 Å². The van der Waals surface area contributed by atoms with E-state index in [0.717, 1.165) is 44.9 Å². The van der Waals surface area contributed by atoms with Gasteiger partial charge in [-0.15, -0.1) is 0 Å². The summed E-state index contributed by atoms with van der Waals surface area (Å²) in [7, 11) is -1.95. The van der Waals surface area contributed by atoms with Crippen LogP contribution in [0.25, 0.3) is 0 Å². The maximum absolute atomic E-state index is 13.8. The second-order valence-corrected chi connectivity index (χ2v) is 14.2. The molecule has 1 atom stereocenters. The molecule has 0 aromatic carbocycles. The largest absolute Gasteiger partial charge is 0.338 e. The van der Waals surface area contributed by atoms with E-state index in [2.05, 4.69) is 31.1 Å². The lowest BCUT2D eigenvalue weighted by molar-refractivity contribution is -0.137. The highest BCUT2D eigenvalue weighted by atomic mass is 28.3. The Morgan fingerprint density at radius 3 is 1.92 bits per heavy atom. The van der Waals surface area contributed by atoms with Crippen LogP contribution in [-0.2, 0) is 4.79 Å². The molecule has 5 heteroatoms. The van der Waals surface area contributed by atoms with E-state index in [1.165, 1.54) is 25.7 Å². The summed E-state index contributed by atoms with van der Waals surface area (Å²) in [6, 6.07) is 0.188. The molecule has 0 N–H and O–H groups in total. The minimum Gasteiger partial charge on any atom is -0.338 e. The van der Waals surface area contributed by atoms with Gasteiger partial charge in [0.05, 0.1) is 0 Å². The van der Waals surface area contributed by atoms with Crippen LogP contribution in [0.1, 0.15) is 77.6 Å². The first-order valence-electron chi connectivity index (χ1n) is 10.5.